The van der Waals surface area contributed by atoms with Crippen molar-refractivity contribution in [3.05, 3.63) is 112 Å². The molecule has 4 rings (SSSR count). The number of halogens is 1. The smallest absolute Gasteiger partial charge is 0.256 e. The van der Waals surface area contributed by atoms with Crippen LogP contribution in [-0.2, 0) is 0 Å². The molecule has 0 saturated carbocycles. The summed E-state index contributed by atoms with van der Waals surface area (Å²) in [5, 5.41) is 7.21. The lowest BCUT2D eigenvalue weighted by Crippen LogP contribution is -2.17. The maximum atomic E-state index is 13.5. The lowest BCUT2D eigenvalue weighted by molar-refractivity contribution is 0.102. The van der Waals surface area contributed by atoms with Crippen LogP contribution in [0.4, 0.5) is 15.2 Å². The summed E-state index contributed by atoms with van der Waals surface area (Å²) in [6, 6.07) is 22.8. The molecule has 0 aliphatic heterocycles. The van der Waals surface area contributed by atoms with Crippen molar-refractivity contribution in [3.63, 3.8) is 0 Å². The van der Waals surface area contributed by atoms with Gasteiger partial charge in [0.25, 0.3) is 5.91 Å². The van der Waals surface area contributed by atoms with Crippen molar-refractivity contribution in [1.82, 2.24) is 4.98 Å². The van der Waals surface area contributed by atoms with E-state index in [1.165, 1.54) is 23.5 Å². The summed E-state index contributed by atoms with van der Waals surface area (Å²) in [6.45, 7) is 1.99. The number of hydrogen-bond acceptors (Lipinski definition) is 4. The first kappa shape index (κ1) is 19.8. The number of carbonyl (C=O) groups excluding carboxylic acids is 1. The Morgan fingerprint density at radius 2 is 1.73 bits per heavy atom. The van der Waals surface area contributed by atoms with E-state index in [1.54, 1.807) is 30.5 Å². The number of aromatic nitrogens is 1. The third kappa shape index (κ3) is 4.55. The zero-order chi connectivity index (χ0) is 20.9. The third-order valence-corrected chi connectivity index (χ3v) is 5.60. The van der Waals surface area contributed by atoms with Gasteiger partial charge in [-0.25, -0.2) is 9.37 Å². The molecule has 2 N–H and O–H groups in total. The number of nitrogens with one attached hydrogen (secondary N) is 2. The summed E-state index contributed by atoms with van der Waals surface area (Å²) in [6.07, 6.45) is 1.71. The zero-order valence-electron chi connectivity index (χ0n) is 16.3. The Kier molecular flexibility index (Phi) is 5.86. The molecule has 0 radical (unpaired) electrons. The lowest BCUT2D eigenvalue weighted by atomic mass is 9.99. The molecule has 0 aliphatic rings. The Hall–Kier alpha value is -3.51. The molecule has 0 saturated heterocycles. The predicted molar refractivity (Wildman–Crippen MR) is 120 cm³/mol. The highest BCUT2D eigenvalue weighted by molar-refractivity contribution is 7.16. The minimum Gasteiger partial charge on any atom is -0.359 e. The van der Waals surface area contributed by atoms with E-state index in [0.29, 0.717) is 11.4 Å². The predicted octanol–water partition coefficient (Wildman–Crippen LogP) is 6.04. The molecule has 30 heavy (non-hydrogen) atoms. The fourth-order valence-electron chi connectivity index (χ4n) is 3.20. The van der Waals surface area contributed by atoms with Crippen LogP contribution in [0.3, 0.4) is 0 Å². The highest BCUT2D eigenvalue weighted by Crippen LogP contribution is 2.37. The number of anilines is 2. The third-order valence-electron chi connectivity index (χ3n) is 4.62. The van der Waals surface area contributed by atoms with Crippen molar-refractivity contribution >= 4 is 28.1 Å². The highest BCUT2D eigenvalue weighted by Gasteiger charge is 2.22. The number of amides is 1. The standard InChI is InChI=1S/C24H20FN3OS/c1-16-15-20(24(30-16)28-23(29)18-7-3-2-4-8-18)22(17-10-12-19(25)13-11-17)27-21-9-5-6-14-26-21/h2-15,22H,1H3,(H,26,27)(H,28,29)/t22-/m1/s1. The molecule has 6 heteroatoms. The fraction of sp³-hybridized carbons (Fsp3) is 0.0833. The van der Waals surface area contributed by atoms with Crippen molar-refractivity contribution in [3.8, 4) is 0 Å². The van der Waals surface area contributed by atoms with E-state index in [9.17, 15) is 9.18 Å². The lowest BCUT2D eigenvalue weighted by Gasteiger charge is -2.21. The summed E-state index contributed by atoms with van der Waals surface area (Å²) in [7, 11) is 0. The first-order valence-electron chi connectivity index (χ1n) is 9.50. The van der Waals surface area contributed by atoms with Crippen LogP contribution in [-0.4, -0.2) is 10.9 Å². The van der Waals surface area contributed by atoms with Gasteiger partial charge in [-0.15, -0.1) is 11.3 Å². The molecule has 2 aromatic heterocycles. The molecule has 0 bridgehead atoms. The highest BCUT2D eigenvalue weighted by atomic mass is 32.1. The van der Waals surface area contributed by atoms with Gasteiger partial charge in [0.05, 0.1) is 6.04 Å². The molecule has 0 fully saturated rings. The fourth-order valence-corrected chi connectivity index (χ4v) is 4.15. The van der Waals surface area contributed by atoms with Gasteiger partial charge in [-0.1, -0.05) is 36.4 Å². The number of rotatable bonds is 6. The number of nitrogens with zero attached hydrogens (tertiary/aromatic N) is 1. The van der Waals surface area contributed by atoms with Crippen molar-refractivity contribution in [1.29, 1.82) is 0 Å². The van der Waals surface area contributed by atoms with Gasteiger partial charge in [0.2, 0.25) is 0 Å². The Morgan fingerprint density at radius 3 is 2.43 bits per heavy atom. The van der Waals surface area contributed by atoms with Gasteiger partial charge in [0.15, 0.2) is 0 Å². The molecule has 1 amide bonds. The molecule has 0 aliphatic carbocycles. The van der Waals surface area contributed by atoms with E-state index in [-0.39, 0.29) is 17.8 Å². The SMILES string of the molecule is Cc1cc([C@H](Nc2ccccn2)c2ccc(F)cc2)c(NC(=O)c2ccccc2)s1. The maximum absolute atomic E-state index is 13.5. The Labute approximate surface area is 178 Å². The summed E-state index contributed by atoms with van der Waals surface area (Å²) >= 11 is 1.51. The number of carbonyl (C=O) groups is 1. The van der Waals surface area contributed by atoms with Gasteiger partial charge < -0.3 is 10.6 Å². The molecule has 2 heterocycles. The molecule has 4 aromatic rings. The van der Waals surface area contributed by atoms with Crippen LogP contribution < -0.4 is 10.6 Å². The molecular formula is C24H20FN3OS. The Morgan fingerprint density at radius 1 is 1.00 bits per heavy atom. The number of aryl methyl sites for hydroxylation is 1. The van der Waals surface area contributed by atoms with Crippen molar-refractivity contribution in [2.24, 2.45) is 0 Å². The van der Waals surface area contributed by atoms with Crippen LogP contribution in [0, 0.1) is 12.7 Å². The summed E-state index contributed by atoms with van der Waals surface area (Å²) in [4.78, 5) is 18.2. The molecule has 1 atom stereocenters. The molecule has 4 nitrogen and oxygen atoms in total. The minimum atomic E-state index is -0.309. The van der Waals surface area contributed by atoms with Crippen molar-refractivity contribution in [2.75, 3.05) is 10.6 Å². The summed E-state index contributed by atoms with van der Waals surface area (Å²) in [5.41, 5.74) is 2.36. The van der Waals surface area contributed by atoms with Crippen LogP contribution in [0.5, 0.6) is 0 Å². The van der Waals surface area contributed by atoms with Gasteiger partial charge in [-0.2, -0.15) is 0 Å². The molecule has 2 aromatic carbocycles. The van der Waals surface area contributed by atoms with E-state index in [0.717, 1.165) is 21.0 Å². The average molecular weight is 418 g/mol. The molecule has 0 spiro atoms. The van der Waals surface area contributed by atoms with Gasteiger partial charge >= 0.3 is 0 Å². The molecular weight excluding hydrogens is 397 g/mol. The maximum Gasteiger partial charge on any atom is 0.256 e. The largest absolute Gasteiger partial charge is 0.359 e. The van der Waals surface area contributed by atoms with Gasteiger partial charge in [0.1, 0.15) is 16.6 Å². The first-order valence-corrected chi connectivity index (χ1v) is 10.3. The van der Waals surface area contributed by atoms with Crippen molar-refractivity contribution in [2.45, 2.75) is 13.0 Å². The normalized spacial score (nSPS) is 11.7. The number of pyridine rings is 1. The topological polar surface area (TPSA) is 54.0 Å². The molecule has 0 unspecified atom stereocenters. The number of benzene rings is 2. The van der Waals surface area contributed by atoms with Crippen LogP contribution in [0.1, 0.15) is 32.4 Å². The van der Waals surface area contributed by atoms with E-state index in [2.05, 4.69) is 15.6 Å². The number of thiophene rings is 1. The Bertz CT molecular complexity index is 1130. The van der Waals surface area contributed by atoms with Crippen LogP contribution >= 0.6 is 11.3 Å². The zero-order valence-corrected chi connectivity index (χ0v) is 17.1. The van der Waals surface area contributed by atoms with Gasteiger partial charge in [-0.05, 0) is 55.0 Å². The van der Waals surface area contributed by atoms with Crippen molar-refractivity contribution < 1.29 is 9.18 Å². The first-order chi connectivity index (χ1) is 14.6. The van der Waals surface area contributed by atoms with Crippen LogP contribution in [0.15, 0.2) is 85.1 Å². The van der Waals surface area contributed by atoms with Crippen LogP contribution in [0.2, 0.25) is 0 Å². The minimum absolute atomic E-state index is 0.172. The monoisotopic (exact) mass is 417 g/mol. The summed E-state index contributed by atoms with van der Waals surface area (Å²) < 4.78 is 13.5. The summed E-state index contributed by atoms with van der Waals surface area (Å²) in [5.74, 6) is 0.222. The van der Waals surface area contributed by atoms with E-state index >= 15 is 0 Å². The van der Waals surface area contributed by atoms with E-state index in [1.807, 2.05) is 49.4 Å². The number of hydrogen-bond donors (Lipinski definition) is 2. The van der Waals surface area contributed by atoms with Gasteiger partial charge in [-0.3, -0.25) is 4.79 Å². The quantitative estimate of drug-likeness (QED) is 0.402. The van der Waals surface area contributed by atoms with E-state index in [4.69, 9.17) is 0 Å². The second-order valence-corrected chi connectivity index (χ2v) is 8.06. The average Bonchev–Trinajstić information content (AvgIpc) is 3.13. The Balaban J connectivity index is 1.71. The second kappa shape index (κ2) is 8.88. The van der Waals surface area contributed by atoms with Crippen LogP contribution in [0.25, 0.3) is 0 Å². The molecule has 150 valence electrons. The van der Waals surface area contributed by atoms with E-state index < -0.39 is 0 Å². The second-order valence-electron chi connectivity index (χ2n) is 6.81. The van der Waals surface area contributed by atoms with Gasteiger partial charge in [0, 0.05) is 22.2 Å².